The lowest BCUT2D eigenvalue weighted by Crippen LogP contribution is -2.48. The molecule has 1 aromatic heterocycles. The highest BCUT2D eigenvalue weighted by Crippen LogP contribution is 2.21. The molecule has 132 valence electrons. The smallest absolute Gasteiger partial charge is 0.240 e. The molecular weight excluding hydrogens is 304 g/mol. The molecule has 0 N–H and O–H groups in total. The third kappa shape index (κ3) is 4.45. The van der Waals surface area contributed by atoms with Gasteiger partial charge in [-0.2, -0.15) is 5.10 Å². The quantitative estimate of drug-likeness (QED) is 0.798. The molecule has 0 bridgehead atoms. The second-order valence-electron chi connectivity index (χ2n) is 6.54. The number of hydrogen-bond acceptors (Lipinski definition) is 4. The summed E-state index contributed by atoms with van der Waals surface area (Å²) < 4.78 is 7.72. The van der Waals surface area contributed by atoms with E-state index in [0.717, 1.165) is 39.0 Å². The Balaban J connectivity index is 1.53. The molecule has 0 saturated carbocycles. The molecule has 6 heteroatoms. The van der Waals surface area contributed by atoms with Gasteiger partial charge in [-0.3, -0.25) is 14.4 Å². The number of carbonyl (C=O) groups excluding carboxylic acids is 1. The Labute approximate surface area is 144 Å². The van der Waals surface area contributed by atoms with E-state index in [1.807, 2.05) is 21.8 Å². The van der Waals surface area contributed by atoms with Crippen LogP contribution in [0.25, 0.3) is 0 Å². The number of nitrogens with zero attached hydrogens (tertiary/aromatic N) is 4. The van der Waals surface area contributed by atoms with Crippen LogP contribution in [0.4, 0.5) is 0 Å². The van der Waals surface area contributed by atoms with Gasteiger partial charge in [0.05, 0.1) is 25.8 Å². The molecule has 1 fully saturated rings. The van der Waals surface area contributed by atoms with E-state index in [2.05, 4.69) is 23.0 Å². The first kappa shape index (κ1) is 17.2. The van der Waals surface area contributed by atoms with E-state index in [1.165, 1.54) is 18.5 Å². The highest BCUT2D eigenvalue weighted by Gasteiger charge is 2.25. The third-order valence-corrected chi connectivity index (χ3v) is 4.76. The molecule has 1 saturated heterocycles. The van der Waals surface area contributed by atoms with E-state index in [1.54, 1.807) is 6.20 Å². The van der Waals surface area contributed by atoms with Gasteiger partial charge in [0.2, 0.25) is 5.91 Å². The monoisotopic (exact) mass is 332 g/mol. The van der Waals surface area contributed by atoms with Crippen LogP contribution in [0.3, 0.4) is 0 Å². The largest absolute Gasteiger partial charge is 0.374 e. The summed E-state index contributed by atoms with van der Waals surface area (Å²) in [5, 5.41) is 4.23. The van der Waals surface area contributed by atoms with Crippen molar-refractivity contribution < 1.29 is 9.53 Å². The number of likely N-dealkylation sites (N-methyl/N-ethyl adjacent to an activating group) is 1. The zero-order chi connectivity index (χ0) is 16.8. The molecular formula is C18H28N4O2. The topological polar surface area (TPSA) is 50.6 Å². The molecule has 24 heavy (non-hydrogen) atoms. The van der Waals surface area contributed by atoms with E-state index >= 15 is 0 Å². The van der Waals surface area contributed by atoms with Crippen molar-refractivity contribution in [1.82, 2.24) is 19.6 Å². The average Bonchev–Trinajstić information content (AvgIpc) is 3.10. The molecule has 1 atom stereocenters. The Morgan fingerprint density at radius 1 is 1.46 bits per heavy atom. The van der Waals surface area contributed by atoms with Crippen LogP contribution in [-0.2, 0) is 16.1 Å². The van der Waals surface area contributed by atoms with Crippen LogP contribution in [0.1, 0.15) is 32.6 Å². The molecule has 0 aromatic carbocycles. The van der Waals surface area contributed by atoms with Gasteiger partial charge in [-0.15, -0.1) is 0 Å². The number of hydrogen-bond donors (Lipinski definition) is 0. The van der Waals surface area contributed by atoms with Gasteiger partial charge >= 0.3 is 0 Å². The summed E-state index contributed by atoms with van der Waals surface area (Å²) in [7, 11) is 0. The zero-order valence-corrected chi connectivity index (χ0v) is 14.6. The van der Waals surface area contributed by atoms with Gasteiger partial charge in [-0.25, -0.2) is 0 Å². The van der Waals surface area contributed by atoms with E-state index in [-0.39, 0.29) is 12.0 Å². The summed E-state index contributed by atoms with van der Waals surface area (Å²) in [5.74, 6) is 0.213. The number of ether oxygens (including phenoxy) is 1. The number of aromatic nitrogens is 2. The van der Waals surface area contributed by atoms with Gasteiger partial charge in [-0.1, -0.05) is 6.08 Å². The fourth-order valence-corrected chi connectivity index (χ4v) is 3.53. The Hall–Kier alpha value is -1.66. The Morgan fingerprint density at radius 3 is 3.08 bits per heavy atom. The average molecular weight is 332 g/mol. The predicted molar refractivity (Wildman–Crippen MR) is 92.3 cm³/mol. The van der Waals surface area contributed by atoms with Crippen molar-refractivity contribution in [2.24, 2.45) is 0 Å². The predicted octanol–water partition coefficient (Wildman–Crippen LogP) is 1.89. The van der Waals surface area contributed by atoms with Crippen molar-refractivity contribution in [3.63, 3.8) is 0 Å². The molecule has 6 nitrogen and oxygen atoms in total. The van der Waals surface area contributed by atoms with Crippen molar-refractivity contribution in [3.05, 3.63) is 30.2 Å². The fraction of sp³-hybridized carbons (Fsp3) is 0.667. The first-order valence-electron chi connectivity index (χ1n) is 9.07. The van der Waals surface area contributed by atoms with Crippen LogP contribution in [-0.4, -0.2) is 64.4 Å². The van der Waals surface area contributed by atoms with Crippen molar-refractivity contribution in [3.8, 4) is 0 Å². The molecule has 1 aliphatic carbocycles. The minimum absolute atomic E-state index is 0.0930. The number of morpholine rings is 1. The normalized spacial score (nSPS) is 22.2. The lowest BCUT2D eigenvalue weighted by molar-refractivity contribution is -0.132. The summed E-state index contributed by atoms with van der Waals surface area (Å²) in [6, 6.07) is 1.92. The number of allylic oxidation sites excluding steroid dienone is 2. The van der Waals surface area contributed by atoms with Gasteiger partial charge in [0, 0.05) is 37.7 Å². The van der Waals surface area contributed by atoms with Crippen molar-refractivity contribution in [1.29, 1.82) is 0 Å². The highest BCUT2D eigenvalue weighted by molar-refractivity contribution is 5.80. The maximum absolute atomic E-state index is 12.8. The maximum atomic E-state index is 12.8. The highest BCUT2D eigenvalue weighted by atomic mass is 16.5. The molecule has 3 rings (SSSR count). The van der Waals surface area contributed by atoms with Crippen molar-refractivity contribution in [2.45, 2.75) is 45.3 Å². The second-order valence-corrected chi connectivity index (χ2v) is 6.54. The van der Waals surface area contributed by atoms with Crippen LogP contribution in [0.15, 0.2) is 30.2 Å². The van der Waals surface area contributed by atoms with Crippen LogP contribution in [0.5, 0.6) is 0 Å². The molecule has 1 amide bonds. The van der Waals surface area contributed by atoms with Gasteiger partial charge in [0.1, 0.15) is 0 Å². The Kier molecular flexibility index (Phi) is 6.04. The maximum Gasteiger partial charge on any atom is 0.240 e. The van der Waals surface area contributed by atoms with E-state index in [9.17, 15) is 4.79 Å². The van der Waals surface area contributed by atoms with Crippen LogP contribution in [0, 0.1) is 0 Å². The minimum atomic E-state index is 0.0930. The Bertz CT molecular complexity index is 555. The molecule has 0 radical (unpaired) electrons. The first-order chi connectivity index (χ1) is 11.8. The number of amides is 1. The third-order valence-electron chi connectivity index (χ3n) is 4.76. The van der Waals surface area contributed by atoms with E-state index in [0.29, 0.717) is 13.2 Å². The van der Waals surface area contributed by atoms with Crippen LogP contribution >= 0.6 is 0 Å². The summed E-state index contributed by atoms with van der Waals surface area (Å²) in [6.45, 7) is 6.30. The van der Waals surface area contributed by atoms with Crippen LogP contribution < -0.4 is 0 Å². The zero-order valence-electron chi connectivity index (χ0n) is 14.6. The van der Waals surface area contributed by atoms with Gasteiger partial charge in [0.15, 0.2) is 0 Å². The lowest BCUT2D eigenvalue weighted by atomic mass is 10.0. The molecule has 0 unspecified atom stereocenters. The SMILES string of the molecule is CCN(C(=O)CN1CCO[C@H](Cn2cccn2)C1)C1=CCCCC1. The van der Waals surface area contributed by atoms with Crippen LogP contribution in [0.2, 0.25) is 0 Å². The second kappa shape index (κ2) is 8.44. The summed E-state index contributed by atoms with van der Waals surface area (Å²) in [4.78, 5) is 16.9. The van der Waals surface area contributed by atoms with E-state index < -0.39 is 0 Å². The molecule has 1 aromatic rings. The van der Waals surface area contributed by atoms with Crippen molar-refractivity contribution in [2.75, 3.05) is 32.8 Å². The standard InChI is InChI=1S/C18H28N4O2/c1-2-22(16-7-4-3-5-8-16)18(23)15-20-11-12-24-17(13-20)14-21-10-6-9-19-21/h6-7,9-10,17H,2-5,8,11-15H2,1H3/t17-/m0/s1. The first-order valence-corrected chi connectivity index (χ1v) is 9.07. The minimum Gasteiger partial charge on any atom is -0.374 e. The van der Waals surface area contributed by atoms with Crippen molar-refractivity contribution >= 4 is 5.91 Å². The lowest BCUT2D eigenvalue weighted by Gasteiger charge is -2.34. The molecule has 1 aliphatic heterocycles. The molecule has 2 heterocycles. The van der Waals surface area contributed by atoms with Gasteiger partial charge in [-0.05, 0) is 38.7 Å². The Morgan fingerprint density at radius 2 is 2.38 bits per heavy atom. The molecule has 2 aliphatic rings. The van der Waals surface area contributed by atoms with E-state index in [4.69, 9.17) is 4.74 Å². The van der Waals surface area contributed by atoms with Gasteiger partial charge in [0.25, 0.3) is 0 Å². The fourth-order valence-electron chi connectivity index (χ4n) is 3.53. The summed E-state index contributed by atoms with van der Waals surface area (Å²) >= 11 is 0. The number of rotatable bonds is 6. The molecule has 0 spiro atoms. The van der Waals surface area contributed by atoms with Gasteiger partial charge < -0.3 is 9.64 Å². The summed E-state index contributed by atoms with van der Waals surface area (Å²) in [6.07, 6.45) is 10.6. The summed E-state index contributed by atoms with van der Waals surface area (Å²) in [5.41, 5.74) is 1.22. The number of carbonyl (C=O) groups is 1.